The van der Waals surface area contributed by atoms with E-state index in [4.69, 9.17) is 11.6 Å². The van der Waals surface area contributed by atoms with Crippen molar-refractivity contribution < 1.29 is 4.79 Å². The first-order valence-electron chi connectivity index (χ1n) is 11.5. The topological polar surface area (TPSA) is 47.8 Å². The van der Waals surface area contributed by atoms with Crippen LogP contribution in [0.1, 0.15) is 38.5 Å². The fourth-order valence-corrected chi connectivity index (χ4v) is 7.81. The number of ketones is 1. The Hall–Kier alpha value is -2.11. The van der Waals surface area contributed by atoms with Crippen molar-refractivity contribution in [3.63, 3.8) is 0 Å². The maximum atomic E-state index is 13.5. The third kappa shape index (κ3) is 3.60. The van der Waals surface area contributed by atoms with E-state index < -0.39 is 0 Å². The zero-order chi connectivity index (χ0) is 21.7. The Labute approximate surface area is 197 Å². The van der Waals surface area contributed by atoms with Gasteiger partial charge in [-0.2, -0.15) is 0 Å². The van der Waals surface area contributed by atoms with Crippen molar-refractivity contribution in [2.45, 2.75) is 43.7 Å². The molecular formula is C26H26ClN3OS. The van der Waals surface area contributed by atoms with Gasteiger partial charge in [-0.25, -0.2) is 0 Å². The van der Waals surface area contributed by atoms with Crippen LogP contribution in [0.3, 0.4) is 0 Å². The van der Waals surface area contributed by atoms with E-state index in [0.29, 0.717) is 16.6 Å². The van der Waals surface area contributed by atoms with Gasteiger partial charge in [0.05, 0.1) is 5.75 Å². The van der Waals surface area contributed by atoms with Gasteiger partial charge in [-0.05, 0) is 80.5 Å². The van der Waals surface area contributed by atoms with Gasteiger partial charge in [0.15, 0.2) is 11.0 Å². The average molecular weight is 464 g/mol. The van der Waals surface area contributed by atoms with Crippen LogP contribution >= 0.6 is 23.4 Å². The van der Waals surface area contributed by atoms with E-state index in [0.717, 1.165) is 59.2 Å². The van der Waals surface area contributed by atoms with Crippen molar-refractivity contribution in [1.29, 1.82) is 0 Å². The number of rotatable bonds is 6. The Balaban J connectivity index is 1.29. The van der Waals surface area contributed by atoms with Crippen LogP contribution < -0.4 is 0 Å². The molecule has 0 saturated heterocycles. The molecule has 4 aliphatic rings. The lowest BCUT2D eigenvalue weighted by Gasteiger charge is -2.56. The van der Waals surface area contributed by atoms with Gasteiger partial charge in [-0.3, -0.25) is 9.36 Å². The molecule has 4 saturated carbocycles. The van der Waals surface area contributed by atoms with E-state index in [9.17, 15) is 4.79 Å². The Kier molecular flexibility index (Phi) is 5.14. The van der Waals surface area contributed by atoms with Crippen LogP contribution in [0, 0.1) is 23.2 Å². The van der Waals surface area contributed by atoms with Gasteiger partial charge in [0.25, 0.3) is 0 Å². The first kappa shape index (κ1) is 20.5. The third-order valence-electron chi connectivity index (χ3n) is 7.71. The van der Waals surface area contributed by atoms with E-state index in [1.807, 2.05) is 59.2 Å². The average Bonchev–Trinajstić information content (AvgIpc) is 3.21. The highest BCUT2D eigenvalue weighted by Gasteiger charge is 2.54. The van der Waals surface area contributed by atoms with Crippen molar-refractivity contribution in [3.8, 4) is 17.1 Å². The fraction of sp³-hybridized carbons (Fsp3) is 0.423. The number of carbonyl (C=O) groups excluding carboxylic acids is 1. The maximum absolute atomic E-state index is 13.5. The minimum Gasteiger partial charge on any atom is -0.298 e. The van der Waals surface area contributed by atoms with Crippen molar-refractivity contribution >= 4 is 29.1 Å². The number of carbonyl (C=O) groups is 1. The summed E-state index contributed by atoms with van der Waals surface area (Å²) in [6.07, 6.45) is 7.38. The molecule has 4 fully saturated rings. The molecule has 1 aromatic heterocycles. The summed E-state index contributed by atoms with van der Waals surface area (Å²) in [7, 11) is 0. The minimum absolute atomic E-state index is 0.0743. The summed E-state index contributed by atoms with van der Waals surface area (Å²) in [6, 6.07) is 17.8. The monoisotopic (exact) mass is 463 g/mol. The highest BCUT2D eigenvalue weighted by molar-refractivity contribution is 7.99. The number of aromatic nitrogens is 3. The smallest absolute Gasteiger partial charge is 0.196 e. The lowest BCUT2D eigenvalue weighted by Crippen LogP contribution is -2.50. The van der Waals surface area contributed by atoms with Gasteiger partial charge < -0.3 is 0 Å². The van der Waals surface area contributed by atoms with Gasteiger partial charge in [0, 0.05) is 21.7 Å². The Morgan fingerprint density at radius 1 is 0.938 bits per heavy atom. The lowest BCUT2D eigenvalue weighted by molar-refractivity contribution is -0.141. The Morgan fingerprint density at radius 2 is 1.56 bits per heavy atom. The molecule has 1 heterocycles. The van der Waals surface area contributed by atoms with Crippen molar-refractivity contribution in [3.05, 3.63) is 59.6 Å². The molecule has 0 atom stereocenters. The molecule has 0 unspecified atom stereocenters. The van der Waals surface area contributed by atoms with E-state index in [1.165, 1.54) is 31.0 Å². The largest absolute Gasteiger partial charge is 0.298 e. The van der Waals surface area contributed by atoms with Crippen LogP contribution in [-0.2, 0) is 4.79 Å². The molecule has 4 nitrogen and oxygen atoms in total. The number of hydrogen-bond acceptors (Lipinski definition) is 4. The molecule has 3 aromatic rings. The zero-order valence-electron chi connectivity index (χ0n) is 17.9. The number of nitrogens with zero attached hydrogens (tertiary/aromatic N) is 3. The number of benzene rings is 2. The van der Waals surface area contributed by atoms with Crippen LogP contribution in [0.2, 0.25) is 5.02 Å². The molecule has 0 aliphatic heterocycles. The van der Waals surface area contributed by atoms with Gasteiger partial charge in [0.1, 0.15) is 5.78 Å². The van der Waals surface area contributed by atoms with Crippen LogP contribution in [0.25, 0.3) is 17.1 Å². The van der Waals surface area contributed by atoms with Crippen LogP contribution in [0.15, 0.2) is 59.8 Å². The summed E-state index contributed by atoms with van der Waals surface area (Å²) in [5.41, 5.74) is 1.87. The number of halogens is 1. The molecule has 7 rings (SSSR count). The number of hydrogen-bond donors (Lipinski definition) is 0. The Morgan fingerprint density at radius 3 is 2.19 bits per heavy atom. The third-order valence-corrected chi connectivity index (χ3v) is 8.89. The quantitative estimate of drug-likeness (QED) is 0.393. The summed E-state index contributed by atoms with van der Waals surface area (Å²) in [5.74, 6) is 3.99. The standard InChI is InChI=1S/C26H26ClN3OS/c27-21-6-8-22(9-7-21)30-24(20-4-2-1-3-5-20)28-29-25(30)32-16-23(31)26-13-17-10-18(14-26)12-19(11-17)15-26/h1-9,17-19H,10-16H2. The molecule has 0 N–H and O–H groups in total. The lowest BCUT2D eigenvalue weighted by atomic mass is 9.48. The molecule has 0 amide bonds. The van der Waals surface area contributed by atoms with Crippen LogP contribution in [0.4, 0.5) is 0 Å². The van der Waals surface area contributed by atoms with Crippen molar-refractivity contribution in [2.24, 2.45) is 23.2 Å². The molecule has 4 bridgehead atoms. The van der Waals surface area contributed by atoms with Gasteiger partial charge in [-0.1, -0.05) is 53.7 Å². The zero-order valence-corrected chi connectivity index (χ0v) is 19.5. The van der Waals surface area contributed by atoms with Gasteiger partial charge in [-0.15, -0.1) is 10.2 Å². The number of thioether (sulfide) groups is 1. The number of Topliss-reactive ketones (excluding diaryl/α,β-unsaturated/α-hetero) is 1. The predicted molar refractivity (Wildman–Crippen MR) is 128 cm³/mol. The highest BCUT2D eigenvalue weighted by atomic mass is 35.5. The molecule has 0 spiro atoms. The predicted octanol–water partition coefficient (Wildman–Crippen LogP) is 6.47. The fourth-order valence-electron chi connectivity index (χ4n) is 6.70. The van der Waals surface area contributed by atoms with Crippen molar-refractivity contribution in [1.82, 2.24) is 14.8 Å². The summed E-state index contributed by atoms with van der Waals surface area (Å²) < 4.78 is 2.04. The molecule has 6 heteroatoms. The normalized spacial score (nSPS) is 28.2. The van der Waals surface area contributed by atoms with Crippen LogP contribution in [-0.4, -0.2) is 26.3 Å². The SMILES string of the molecule is O=C(CSc1nnc(-c2ccccc2)n1-c1ccc(Cl)cc1)C12CC3CC(CC(C3)C1)C2. The second kappa shape index (κ2) is 8.03. The van der Waals surface area contributed by atoms with E-state index >= 15 is 0 Å². The van der Waals surface area contributed by atoms with E-state index in [-0.39, 0.29) is 5.41 Å². The summed E-state index contributed by atoms with van der Waals surface area (Å²) in [4.78, 5) is 13.5. The maximum Gasteiger partial charge on any atom is 0.196 e. The summed E-state index contributed by atoms with van der Waals surface area (Å²) in [6.45, 7) is 0. The van der Waals surface area contributed by atoms with Crippen molar-refractivity contribution in [2.75, 3.05) is 5.75 Å². The molecule has 0 radical (unpaired) electrons. The van der Waals surface area contributed by atoms with Gasteiger partial charge in [0.2, 0.25) is 0 Å². The highest BCUT2D eigenvalue weighted by Crippen LogP contribution is 2.60. The minimum atomic E-state index is -0.0743. The van der Waals surface area contributed by atoms with Gasteiger partial charge >= 0.3 is 0 Å². The second-order valence-corrected chi connectivity index (χ2v) is 11.3. The molecular weight excluding hydrogens is 438 g/mol. The summed E-state index contributed by atoms with van der Waals surface area (Å²) >= 11 is 7.66. The summed E-state index contributed by atoms with van der Waals surface area (Å²) in [5, 5.41) is 10.4. The van der Waals surface area contributed by atoms with E-state index in [1.54, 1.807) is 0 Å². The molecule has 32 heavy (non-hydrogen) atoms. The molecule has 2 aromatic carbocycles. The molecule has 164 valence electrons. The second-order valence-electron chi connectivity index (χ2n) is 9.89. The van der Waals surface area contributed by atoms with E-state index in [2.05, 4.69) is 10.2 Å². The van der Waals surface area contributed by atoms with Crippen LogP contribution in [0.5, 0.6) is 0 Å². The first-order valence-corrected chi connectivity index (χ1v) is 12.9. The first-order chi connectivity index (χ1) is 15.6. The molecule has 4 aliphatic carbocycles. The Bertz CT molecular complexity index is 1110.